The number of nitrogens with zero attached hydrogens (tertiary/aromatic N) is 3. The molecule has 0 unspecified atom stereocenters. The van der Waals surface area contributed by atoms with Crippen LogP contribution in [0.1, 0.15) is 39.8 Å². The van der Waals surface area contributed by atoms with Gasteiger partial charge < -0.3 is 14.8 Å². The maximum Gasteiger partial charge on any atom is 0.361 e. The highest BCUT2D eigenvalue weighted by Crippen LogP contribution is 2.25. The van der Waals surface area contributed by atoms with Crippen molar-refractivity contribution in [3.63, 3.8) is 0 Å². The molecule has 8 heteroatoms. The van der Waals surface area contributed by atoms with E-state index in [0.717, 1.165) is 22.4 Å². The average molecular weight is 422 g/mol. The van der Waals surface area contributed by atoms with E-state index < -0.39 is 18.0 Å². The number of hydrogen-bond acceptors (Lipinski definition) is 6. The van der Waals surface area contributed by atoms with Crippen molar-refractivity contribution in [2.24, 2.45) is 0 Å². The van der Waals surface area contributed by atoms with Gasteiger partial charge in [0.15, 0.2) is 11.8 Å². The van der Waals surface area contributed by atoms with Gasteiger partial charge in [0.25, 0.3) is 5.91 Å². The lowest BCUT2D eigenvalue weighted by Crippen LogP contribution is -2.30. The summed E-state index contributed by atoms with van der Waals surface area (Å²) in [7, 11) is 1.52. The van der Waals surface area contributed by atoms with Crippen molar-refractivity contribution in [1.29, 1.82) is 0 Å². The molecule has 0 saturated carbocycles. The molecule has 0 spiro atoms. The van der Waals surface area contributed by atoms with Gasteiger partial charge in [-0.1, -0.05) is 23.8 Å². The Morgan fingerprint density at radius 2 is 1.68 bits per heavy atom. The molecule has 8 nitrogen and oxygen atoms in total. The van der Waals surface area contributed by atoms with Crippen LogP contribution in [0.5, 0.6) is 5.75 Å². The topological polar surface area (TPSA) is 95.3 Å². The van der Waals surface area contributed by atoms with E-state index in [1.165, 1.54) is 18.8 Å². The van der Waals surface area contributed by atoms with Crippen molar-refractivity contribution >= 4 is 17.6 Å². The van der Waals surface area contributed by atoms with Gasteiger partial charge in [-0.05, 0) is 63.9 Å². The number of carbonyl (C=O) groups excluding carboxylic acids is 2. The molecule has 1 amide bonds. The average Bonchev–Trinajstić information content (AvgIpc) is 3.09. The number of nitrogens with one attached hydrogen (secondary N) is 1. The first-order chi connectivity index (χ1) is 14.7. The SMILES string of the molecule is COc1ccc(C)cc1NC(=O)[C@H](C)OC(=O)c1nn(-c2ccc(C)cc2C)nc1C. The summed E-state index contributed by atoms with van der Waals surface area (Å²) in [4.78, 5) is 26.6. The first-order valence-corrected chi connectivity index (χ1v) is 9.87. The Hall–Kier alpha value is -3.68. The van der Waals surface area contributed by atoms with Crippen molar-refractivity contribution in [3.05, 3.63) is 64.5 Å². The third-order valence-electron chi connectivity index (χ3n) is 4.81. The maximum atomic E-state index is 12.7. The molecule has 1 aromatic heterocycles. The number of aryl methyl sites for hydroxylation is 4. The van der Waals surface area contributed by atoms with Crippen LogP contribution in [0.25, 0.3) is 5.69 Å². The number of aromatic nitrogens is 3. The Morgan fingerprint density at radius 3 is 2.35 bits per heavy atom. The highest BCUT2D eigenvalue weighted by molar-refractivity contribution is 5.98. The van der Waals surface area contributed by atoms with E-state index >= 15 is 0 Å². The molecule has 0 aliphatic heterocycles. The summed E-state index contributed by atoms with van der Waals surface area (Å²) in [6, 6.07) is 11.3. The monoisotopic (exact) mass is 422 g/mol. The number of amides is 1. The molecule has 0 bridgehead atoms. The summed E-state index contributed by atoms with van der Waals surface area (Å²) in [6.07, 6.45) is -1.04. The van der Waals surface area contributed by atoms with Gasteiger partial charge >= 0.3 is 5.97 Å². The molecule has 3 aromatic rings. The Balaban J connectivity index is 1.73. The lowest BCUT2D eigenvalue weighted by Gasteiger charge is -2.15. The quantitative estimate of drug-likeness (QED) is 0.609. The summed E-state index contributed by atoms with van der Waals surface area (Å²) in [5.41, 5.74) is 4.81. The van der Waals surface area contributed by atoms with Crippen molar-refractivity contribution in [2.75, 3.05) is 12.4 Å². The zero-order valence-electron chi connectivity index (χ0n) is 18.5. The van der Waals surface area contributed by atoms with E-state index in [0.29, 0.717) is 17.1 Å². The second-order valence-electron chi connectivity index (χ2n) is 7.45. The van der Waals surface area contributed by atoms with Gasteiger partial charge in [0, 0.05) is 0 Å². The molecule has 2 aromatic carbocycles. The van der Waals surface area contributed by atoms with Gasteiger partial charge in [-0.2, -0.15) is 9.90 Å². The number of ether oxygens (including phenoxy) is 2. The third kappa shape index (κ3) is 4.91. The van der Waals surface area contributed by atoms with Gasteiger partial charge in [0.2, 0.25) is 0 Å². The fraction of sp³-hybridized carbons (Fsp3) is 0.304. The molecule has 0 radical (unpaired) electrons. The van der Waals surface area contributed by atoms with Crippen LogP contribution in [0.15, 0.2) is 36.4 Å². The van der Waals surface area contributed by atoms with Crippen LogP contribution in [0.4, 0.5) is 5.69 Å². The van der Waals surface area contributed by atoms with Crippen molar-refractivity contribution in [3.8, 4) is 11.4 Å². The van der Waals surface area contributed by atoms with E-state index in [1.54, 1.807) is 19.1 Å². The van der Waals surface area contributed by atoms with Crippen LogP contribution in [0.3, 0.4) is 0 Å². The number of carbonyl (C=O) groups is 2. The predicted molar refractivity (Wildman–Crippen MR) is 117 cm³/mol. The molecular formula is C23H26N4O4. The van der Waals surface area contributed by atoms with Crippen LogP contribution in [0.2, 0.25) is 0 Å². The van der Waals surface area contributed by atoms with E-state index in [4.69, 9.17) is 9.47 Å². The number of benzene rings is 2. The molecule has 1 heterocycles. The van der Waals surface area contributed by atoms with Crippen LogP contribution in [0, 0.1) is 27.7 Å². The molecule has 3 rings (SSSR count). The van der Waals surface area contributed by atoms with Gasteiger partial charge in [-0.25, -0.2) is 4.79 Å². The first-order valence-electron chi connectivity index (χ1n) is 9.87. The molecule has 1 atom stereocenters. The second-order valence-corrected chi connectivity index (χ2v) is 7.45. The molecule has 31 heavy (non-hydrogen) atoms. The van der Waals surface area contributed by atoms with E-state index in [-0.39, 0.29) is 5.69 Å². The molecule has 0 saturated heterocycles. The minimum Gasteiger partial charge on any atom is -0.495 e. The fourth-order valence-corrected chi connectivity index (χ4v) is 3.13. The molecule has 0 aliphatic rings. The van der Waals surface area contributed by atoms with Crippen LogP contribution in [-0.4, -0.2) is 40.1 Å². The number of hydrogen-bond donors (Lipinski definition) is 1. The summed E-state index contributed by atoms with van der Waals surface area (Å²) < 4.78 is 10.6. The minimum absolute atomic E-state index is 0.0627. The number of methoxy groups -OCH3 is 1. The Morgan fingerprint density at radius 1 is 1.00 bits per heavy atom. The van der Waals surface area contributed by atoms with Crippen molar-refractivity contribution in [2.45, 2.75) is 40.7 Å². The van der Waals surface area contributed by atoms with Crippen LogP contribution >= 0.6 is 0 Å². The minimum atomic E-state index is -1.04. The normalized spacial score (nSPS) is 11.7. The molecule has 162 valence electrons. The fourth-order valence-electron chi connectivity index (χ4n) is 3.13. The van der Waals surface area contributed by atoms with Crippen molar-refractivity contribution in [1.82, 2.24) is 15.0 Å². The lowest BCUT2D eigenvalue weighted by molar-refractivity contribution is -0.123. The highest BCUT2D eigenvalue weighted by Gasteiger charge is 2.24. The standard InChI is InChI=1S/C23H26N4O4/c1-13-7-9-19(15(3)11-13)27-25-16(4)21(26-27)23(29)31-17(5)22(28)24-18-12-14(2)8-10-20(18)30-6/h7-12,17H,1-6H3,(H,24,28)/t17-/m0/s1. The first kappa shape index (κ1) is 22.0. The van der Waals surface area contributed by atoms with E-state index in [1.807, 2.05) is 45.0 Å². The molecule has 0 fully saturated rings. The second kappa shape index (κ2) is 8.99. The molecular weight excluding hydrogens is 396 g/mol. The predicted octanol–water partition coefficient (Wildman–Crippen LogP) is 3.69. The van der Waals surface area contributed by atoms with Crippen LogP contribution in [-0.2, 0) is 9.53 Å². The van der Waals surface area contributed by atoms with Crippen LogP contribution < -0.4 is 10.1 Å². The van der Waals surface area contributed by atoms with Gasteiger partial charge in [0.1, 0.15) is 5.75 Å². The van der Waals surface area contributed by atoms with E-state index in [9.17, 15) is 9.59 Å². The number of anilines is 1. The number of esters is 1. The largest absolute Gasteiger partial charge is 0.495 e. The number of rotatable bonds is 6. The molecule has 1 N–H and O–H groups in total. The Kier molecular flexibility index (Phi) is 6.39. The van der Waals surface area contributed by atoms with Gasteiger partial charge in [0.05, 0.1) is 24.2 Å². The zero-order valence-corrected chi connectivity index (χ0v) is 18.5. The Bertz CT molecular complexity index is 1140. The van der Waals surface area contributed by atoms with Crippen molar-refractivity contribution < 1.29 is 19.1 Å². The summed E-state index contributed by atoms with van der Waals surface area (Å²) >= 11 is 0. The van der Waals surface area contributed by atoms with Gasteiger partial charge in [-0.15, -0.1) is 5.10 Å². The third-order valence-corrected chi connectivity index (χ3v) is 4.81. The molecule has 0 aliphatic carbocycles. The van der Waals surface area contributed by atoms with E-state index in [2.05, 4.69) is 15.5 Å². The summed E-state index contributed by atoms with van der Waals surface area (Å²) in [5.74, 6) is -0.672. The van der Waals surface area contributed by atoms with Gasteiger partial charge in [-0.3, -0.25) is 4.79 Å². The zero-order chi connectivity index (χ0) is 22.7. The lowest BCUT2D eigenvalue weighted by atomic mass is 10.1. The highest BCUT2D eigenvalue weighted by atomic mass is 16.5. The summed E-state index contributed by atoms with van der Waals surface area (Å²) in [5, 5.41) is 11.4. The summed E-state index contributed by atoms with van der Waals surface area (Å²) in [6.45, 7) is 9.02. The Labute approximate surface area is 181 Å². The smallest absolute Gasteiger partial charge is 0.361 e. The maximum absolute atomic E-state index is 12.7.